The maximum atomic E-state index is 14.3. The van der Waals surface area contributed by atoms with Gasteiger partial charge in [-0.25, -0.2) is 9.59 Å². The Morgan fingerprint density at radius 2 is 1.62 bits per heavy atom. The van der Waals surface area contributed by atoms with Crippen LogP contribution in [0, 0.1) is 5.92 Å². The molecule has 290 valence electrons. The molecule has 1 fully saturated rings. The SMILES string of the molecule is CC(C)C[C@@H](C=O)NC(=O)Nc1ccc(C(=O)Nc2ccc3[nH]c(C(=O)N4C[C@@H](CCl)c5c4cc(OC(=O)N4CCN(C)CC4)c4ccccc54)cc3c2)cc1. The number of amides is 5. The lowest BCUT2D eigenvalue weighted by atomic mass is 9.95. The van der Waals surface area contributed by atoms with E-state index in [1.807, 2.05) is 45.2 Å². The highest BCUT2D eigenvalue weighted by Crippen LogP contribution is 2.46. The summed E-state index contributed by atoms with van der Waals surface area (Å²) in [6, 6.07) is 21.8. The Labute approximate surface area is 329 Å². The zero-order chi connectivity index (χ0) is 39.5. The summed E-state index contributed by atoms with van der Waals surface area (Å²) in [6.45, 7) is 6.95. The zero-order valence-electron chi connectivity index (χ0n) is 31.4. The molecule has 56 heavy (non-hydrogen) atoms. The van der Waals surface area contributed by atoms with E-state index in [-0.39, 0.29) is 23.7 Å². The summed E-state index contributed by atoms with van der Waals surface area (Å²) in [5.74, 6) is 0.159. The van der Waals surface area contributed by atoms with Crippen LogP contribution in [0.2, 0.25) is 0 Å². The van der Waals surface area contributed by atoms with E-state index in [0.717, 1.165) is 34.8 Å². The minimum Gasteiger partial charge on any atom is -0.409 e. The number of rotatable bonds is 10. The molecule has 4 aromatic carbocycles. The average molecular weight is 778 g/mol. The van der Waals surface area contributed by atoms with Gasteiger partial charge in [-0.15, -0.1) is 11.6 Å². The number of ether oxygens (including phenoxy) is 1. The Hall–Kier alpha value is -5.92. The molecule has 2 aliphatic heterocycles. The number of piperazine rings is 1. The van der Waals surface area contributed by atoms with Crippen LogP contribution in [0.15, 0.2) is 78.9 Å². The fraction of sp³-hybridized carbons (Fsp3) is 0.310. The number of carbonyl (C=O) groups is 5. The van der Waals surface area contributed by atoms with Crippen molar-refractivity contribution in [1.82, 2.24) is 20.1 Å². The van der Waals surface area contributed by atoms with Crippen LogP contribution in [-0.2, 0) is 4.79 Å². The first-order valence-corrected chi connectivity index (χ1v) is 19.2. The Bertz CT molecular complexity index is 2300. The summed E-state index contributed by atoms with van der Waals surface area (Å²) in [5, 5.41) is 10.6. The predicted molar refractivity (Wildman–Crippen MR) is 218 cm³/mol. The first-order valence-electron chi connectivity index (χ1n) is 18.7. The van der Waals surface area contributed by atoms with Crippen LogP contribution < -0.4 is 25.6 Å². The fourth-order valence-corrected chi connectivity index (χ4v) is 7.59. The molecule has 0 unspecified atom stereocenters. The molecule has 0 bridgehead atoms. The van der Waals surface area contributed by atoms with Crippen molar-refractivity contribution >= 4 is 80.6 Å². The number of anilines is 3. The normalized spacial score (nSPS) is 16.1. The Balaban J connectivity index is 1.06. The number of aromatic nitrogens is 1. The zero-order valence-corrected chi connectivity index (χ0v) is 32.2. The molecule has 7 rings (SSSR count). The number of hydrogen-bond donors (Lipinski definition) is 4. The Morgan fingerprint density at radius 1 is 0.911 bits per heavy atom. The average Bonchev–Trinajstić information content (AvgIpc) is 3.79. The van der Waals surface area contributed by atoms with E-state index in [9.17, 15) is 24.0 Å². The van der Waals surface area contributed by atoms with E-state index < -0.39 is 18.2 Å². The fourth-order valence-electron chi connectivity index (χ4n) is 7.33. The minimum atomic E-state index is -0.591. The number of urea groups is 1. The largest absolute Gasteiger partial charge is 0.415 e. The number of aldehydes is 1. The summed E-state index contributed by atoms with van der Waals surface area (Å²) in [4.78, 5) is 73.2. The number of hydrogen-bond acceptors (Lipinski definition) is 7. The van der Waals surface area contributed by atoms with Gasteiger partial charge in [-0.05, 0) is 78.9 Å². The number of fused-ring (bicyclic) bond motifs is 4. The standard InChI is InChI=1S/C42H44ClN7O6/c1-25(2)18-31(24-51)46-41(54)45-29-10-8-26(9-11-29)39(52)44-30-12-13-34-27(19-30)20-35(47-34)40(53)50-23-28(22-43)38-33-7-5-4-6-32(33)37(21-36(38)50)56-42(55)49-16-14-48(3)15-17-49/h4-13,19-21,24-25,28,31,47H,14-18,22-23H2,1-3H3,(H,44,52)(H2,45,46,54)/t28-,31+/m1/s1. The van der Waals surface area contributed by atoms with E-state index in [4.69, 9.17) is 16.3 Å². The van der Waals surface area contributed by atoms with Crippen molar-refractivity contribution in [2.45, 2.75) is 32.2 Å². The highest BCUT2D eigenvalue weighted by atomic mass is 35.5. The van der Waals surface area contributed by atoms with E-state index in [1.54, 1.807) is 64.4 Å². The second-order valence-electron chi connectivity index (χ2n) is 14.8. The monoisotopic (exact) mass is 777 g/mol. The molecule has 5 amide bonds. The molecule has 4 N–H and O–H groups in total. The Morgan fingerprint density at radius 3 is 2.32 bits per heavy atom. The van der Waals surface area contributed by atoms with E-state index in [0.29, 0.717) is 77.8 Å². The molecule has 0 saturated carbocycles. The summed E-state index contributed by atoms with van der Waals surface area (Å²) in [5.41, 5.74) is 4.00. The van der Waals surface area contributed by atoms with Gasteiger partial charge in [0.1, 0.15) is 17.7 Å². The summed E-state index contributed by atoms with van der Waals surface area (Å²) in [7, 11) is 2.02. The number of carbonyl (C=O) groups excluding carboxylic acids is 5. The number of aromatic amines is 1. The molecule has 1 aromatic heterocycles. The summed E-state index contributed by atoms with van der Waals surface area (Å²) < 4.78 is 6.03. The van der Waals surface area contributed by atoms with Gasteiger partial charge in [0.2, 0.25) is 0 Å². The van der Waals surface area contributed by atoms with Gasteiger partial charge >= 0.3 is 12.1 Å². The van der Waals surface area contributed by atoms with Crippen LogP contribution in [0.4, 0.5) is 26.7 Å². The highest BCUT2D eigenvalue weighted by Gasteiger charge is 2.36. The third-order valence-electron chi connectivity index (χ3n) is 10.2. The maximum absolute atomic E-state index is 14.3. The van der Waals surface area contributed by atoms with Gasteiger partial charge in [0.15, 0.2) is 0 Å². The molecule has 0 radical (unpaired) electrons. The van der Waals surface area contributed by atoms with Crippen LogP contribution in [0.25, 0.3) is 21.7 Å². The first kappa shape index (κ1) is 38.4. The topological polar surface area (TPSA) is 156 Å². The molecular formula is C42H44ClN7O6. The van der Waals surface area contributed by atoms with Crippen molar-refractivity contribution in [3.05, 3.63) is 95.7 Å². The summed E-state index contributed by atoms with van der Waals surface area (Å²) >= 11 is 6.51. The van der Waals surface area contributed by atoms with E-state index in [1.165, 1.54) is 0 Å². The molecular weight excluding hydrogens is 734 g/mol. The smallest absolute Gasteiger partial charge is 0.409 e. The number of benzene rings is 4. The predicted octanol–water partition coefficient (Wildman–Crippen LogP) is 7.04. The molecule has 2 atom stereocenters. The van der Waals surface area contributed by atoms with Crippen molar-refractivity contribution in [2.24, 2.45) is 5.92 Å². The van der Waals surface area contributed by atoms with Gasteiger partial charge in [0, 0.05) is 83.8 Å². The second-order valence-corrected chi connectivity index (χ2v) is 15.1. The van der Waals surface area contributed by atoms with E-state index >= 15 is 0 Å². The lowest BCUT2D eigenvalue weighted by Crippen LogP contribution is -2.48. The second kappa shape index (κ2) is 16.4. The third-order valence-corrected chi connectivity index (χ3v) is 10.6. The van der Waals surface area contributed by atoms with Gasteiger partial charge in [-0.3, -0.25) is 9.59 Å². The molecule has 5 aromatic rings. The number of likely N-dealkylation sites (N-methyl/N-ethyl adjacent to an activating group) is 1. The van der Waals surface area contributed by atoms with Gasteiger partial charge in [0.25, 0.3) is 11.8 Å². The molecule has 14 heteroatoms. The molecule has 0 spiro atoms. The van der Waals surface area contributed by atoms with Crippen LogP contribution >= 0.6 is 11.6 Å². The third kappa shape index (κ3) is 8.19. The quantitative estimate of drug-likeness (QED) is 0.0876. The highest BCUT2D eigenvalue weighted by molar-refractivity contribution is 6.19. The van der Waals surface area contributed by atoms with E-state index in [2.05, 4.69) is 25.8 Å². The number of nitrogens with one attached hydrogen (secondary N) is 4. The minimum absolute atomic E-state index is 0.138. The van der Waals surface area contributed by atoms with Crippen molar-refractivity contribution in [1.29, 1.82) is 0 Å². The molecule has 3 heterocycles. The summed E-state index contributed by atoms with van der Waals surface area (Å²) in [6.07, 6.45) is 0.821. The van der Waals surface area contributed by atoms with Gasteiger partial charge in [-0.2, -0.15) is 0 Å². The Kier molecular flexibility index (Phi) is 11.3. The van der Waals surface area contributed by atoms with Crippen LogP contribution in [-0.4, -0.2) is 96.7 Å². The number of nitrogens with zero attached hydrogens (tertiary/aromatic N) is 3. The van der Waals surface area contributed by atoms with Crippen LogP contribution in [0.3, 0.4) is 0 Å². The number of alkyl halides is 1. The molecule has 2 aliphatic rings. The molecule has 1 saturated heterocycles. The van der Waals surface area contributed by atoms with Gasteiger partial charge in [-0.1, -0.05) is 38.1 Å². The number of H-pyrrole nitrogens is 1. The van der Waals surface area contributed by atoms with Crippen molar-refractivity contribution < 1.29 is 28.7 Å². The van der Waals surface area contributed by atoms with Gasteiger partial charge in [0.05, 0.1) is 11.7 Å². The number of halogens is 1. The maximum Gasteiger partial charge on any atom is 0.415 e. The van der Waals surface area contributed by atoms with Crippen molar-refractivity contribution in [3.8, 4) is 5.75 Å². The molecule has 13 nitrogen and oxygen atoms in total. The van der Waals surface area contributed by atoms with Crippen molar-refractivity contribution in [3.63, 3.8) is 0 Å². The van der Waals surface area contributed by atoms with Crippen LogP contribution in [0.1, 0.15) is 52.6 Å². The lowest BCUT2D eigenvalue weighted by molar-refractivity contribution is -0.109. The van der Waals surface area contributed by atoms with Gasteiger partial charge < -0.3 is 45.2 Å². The lowest BCUT2D eigenvalue weighted by Gasteiger charge is -2.31. The first-order chi connectivity index (χ1) is 27.0. The molecule has 0 aliphatic carbocycles. The van der Waals surface area contributed by atoms with Crippen molar-refractivity contribution in [2.75, 3.05) is 61.2 Å². The van der Waals surface area contributed by atoms with Crippen LogP contribution in [0.5, 0.6) is 5.75 Å².